The van der Waals surface area contributed by atoms with Gasteiger partial charge in [-0.3, -0.25) is 0 Å². The van der Waals surface area contributed by atoms with E-state index in [1.165, 1.54) is 17.7 Å². The van der Waals surface area contributed by atoms with Crippen molar-refractivity contribution in [2.45, 2.75) is 33.3 Å². The smallest absolute Gasteiger partial charge is 0.126 e. The Hall–Kier alpha value is -1.90. The Morgan fingerprint density at radius 2 is 1.65 bits per heavy atom. The summed E-state index contributed by atoms with van der Waals surface area (Å²) < 4.78 is 31.9. The Labute approximate surface area is 118 Å². The molecule has 0 amide bonds. The van der Waals surface area contributed by atoms with Crippen LogP contribution in [0.1, 0.15) is 36.5 Å². The molecule has 0 spiro atoms. The number of halogens is 2. The van der Waals surface area contributed by atoms with Gasteiger partial charge in [0.05, 0.1) is 0 Å². The van der Waals surface area contributed by atoms with Gasteiger partial charge >= 0.3 is 0 Å². The predicted molar refractivity (Wildman–Crippen MR) is 76.0 cm³/mol. The summed E-state index contributed by atoms with van der Waals surface area (Å²) >= 11 is 0. The molecule has 2 aromatic carbocycles. The van der Waals surface area contributed by atoms with Crippen molar-refractivity contribution in [1.82, 2.24) is 0 Å². The second-order valence-corrected chi connectivity index (χ2v) is 5.25. The maximum absolute atomic E-state index is 13.1. The summed E-state index contributed by atoms with van der Waals surface area (Å²) in [5.74, 6) is -0.0158. The van der Waals surface area contributed by atoms with E-state index in [0.717, 1.165) is 17.4 Å². The molecule has 0 atom stereocenters. The molecule has 0 fully saturated rings. The number of rotatable bonds is 4. The van der Waals surface area contributed by atoms with Crippen molar-refractivity contribution < 1.29 is 13.5 Å². The van der Waals surface area contributed by atoms with Crippen molar-refractivity contribution in [3.05, 3.63) is 64.7 Å². The largest absolute Gasteiger partial charge is 0.489 e. The topological polar surface area (TPSA) is 9.23 Å². The van der Waals surface area contributed by atoms with Crippen molar-refractivity contribution >= 4 is 0 Å². The quantitative estimate of drug-likeness (QED) is 0.765. The minimum atomic E-state index is -0.587. The van der Waals surface area contributed by atoms with Gasteiger partial charge in [-0.25, -0.2) is 8.78 Å². The highest BCUT2D eigenvalue weighted by molar-refractivity contribution is 5.38. The Bertz CT molecular complexity index is 586. The molecule has 3 heteroatoms. The lowest BCUT2D eigenvalue weighted by atomic mass is 10.0. The average Bonchev–Trinajstić information content (AvgIpc) is 2.36. The normalized spacial score (nSPS) is 10.9. The molecule has 2 aromatic rings. The first-order valence-corrected chi connectivity index (χ1v) is 6.64. The van der Waals surface area contributed by atoms with Gasteiger partial charge in [0.2, 0.25) is 0 Å². The summed E-state index contributed by atoms with van der Waals surface area (Å²) in [4.78, 5) is 0. The summed E-state index contributed by atoms with van der Waals surface area (Å²) in [6.07, 6.45) is 0. The highest BCUT2D eigenvalue weighted by Gasteiger charge is 2.06. The molecule has 2 rings (SSSR count). The molecular formula is C17H18F2O. The van der Waals surface area contributed by atoms with Crippen LogP contribution in [0, 0.1) is 18.6 Å². The van der Waals surface area contributed by atoms with Crippen LogP contribution in [0.25, 0.3) is 0 Å². The third kappa shape index (κ3) is 3.56. The van der Waals surface area contributed by atoms with Crippen molar-refractivity contribution in [3.63, 3.8) is 0 Å². The van der Waals surface area contributed by atoms with Crippen LogP contribution >= 0.6 is 0 Å². The standard InChI is InChI=1S/C17H18F2O/c1-11(2)14-5-4-12(3)17(8-14)20-10-13-6-15(18)9-16(19)7-13/h4-9,11H,10H2,1-3H3. The zero-order valence-electron chi connectivity index (χ0n) is 11.9. The maximum atomic E-state index is 13.1. The van der Waals surface area contributed by atoms with E-state index in [9.17, 15) is 8.78 Å². The second-order valence-electron chi connectivity index (χ2n) is 5.25. The lowest BCUT2D eigenvalue weighted by molar-refractivity contribution is 0.302. The molecule has 20 heavy (non-hydrogen) atoms. The highest BCUT2D eigenvalue weighted by atomic mass is 19.1. The third-order valence-electron chi connectivity index (χ3n) is 3.20. The number of aryl methyl sites for hydroxylation is 1. The van der Waals surface area contributed by atoms with Crippen molar-refractivity contribution in [2.75, 3.05) is 0 Å². The molecule has 106 valence electrons. The Balaban J connectivity index is 2.16. The molecular weight excluding hydrogens is 258 g/mol. The SMILES string of the molecule is Cc1ccc(C(C)C)cc1OCc1cc(F)cc(F)c1. The van der Waals surface area contributed by atoms with Crippen molar-refractivity contribution in [2.24, 2.45) is 0 Å². The van der Waals surface area contributed by atoms with E-state index in [0.29, 0.717) is 11.5 Å². The van der Waals surface area contributed by atoms with E-state index < -0.39 is 11.6 Å². The molecule has 0 saturated heterocycles. The van der Waals surface area contributed by atoms with E-state index in [2.05, 4.69) is 19.9 Å². The van der Waals surface area contributed by atoms with Gasteiger partial charge in [-0.2, -0.15) is 0 Å². The molecule has 0 unspecified atom stereocenters. The van der Waals surface area contributed by atoms with Crippen LogP contribution < -0.4 is 4.74 Å². The van der Waals surface area contributed by atoms with Gasteiger partial charge in [0, 0.05) is 6.07 Å². The summed E-state index contributed by atoms with van der Waals surface area (Å²) in [5, 5.41) is 0. The Kier molecular flexibility index (Phi) is 4.38. The van der Waals surface area contributed by atoms with Gasteiger partial charge in [-0.05, 0) is 47.7 Å². The summed E-state index contributed by atoms with van der Waals surface area (Å²) in [5.41, 5.74) is 2.67. The molecule has 0 N–H and O–H groups in total. The maximum Gasteiger partial charge on any atom is 0.126 e. The lowest BCUT2D eigenvalue weighted by Gasteiger charge is -2.13. The van der Waals surface area contributed by atoms with Gasteiger partial charge in [-0.1, -0.05) is 26.0 Å². The average molecular weight is 276 g/mol. The fourth-order valence-electron chi connectivity index (χ4n) is 1.99. The molecule has 0 aliphatic carbocycles. The van der Waals surface area contributed by atoms with Crippen LogP contribution in [0.4, 0.5) is 8.78 Å². The van der Waals surface area contributed by atoms with Gasteiger partial charge in [0.25, 0.3) is 0 Å². The van der Waals surface area contributed by atoms with E-state index in [1.54, 1.807) is 0 Å². The minimum Gasteiger partial charge on any atom is -0.489 e. The summed E-state index contributed by atoms with van der Waals surface area (Å²) in [7, 11) is 0. The molecule has 0 aromatic heterocycles. The third-order valence-corrected chi connectivity index (χ3v) is 3.20. The van der Waals surface area contributed by atoms with Crippen molar-refractivity contribution in [3.8, 4) is 5.75 Å². The zero-order valence-corrected chi connectivity index (χ0v) is 11.9. The molecule has 0 bridgehead atoms. The van der Waals surface area contributed by atoms with Crippen LogP contribution in [-0.4, -0.2) is 0 Å². The van der Waals surface area contributed by atoms with Crippen molar-refractivity contribution in [1.29, 1.82) is 0 Å². The minimum absolute atomic E-state index is 0.150. The zero-order chi connectivity index (χ0) is 14.7. The fraction of sp³-hybridized carbons (Fsp3) is 0.294. The molecule has 0 aliphatic heterocycles. The van der Waals surface area contributed by atoms with Gasteiger partial charge in [0.1, 0.15) is 24.0 Å². The van der Waals surface area contributed by atoms with Crippen LogP contribution in [0.5, 0.6) is 5.75 Å². The Morgan fingerprint density at radius 3 is 2.25 bits per heavy atom. The summed E-state index contributed by atoms with van der Waals surface area (Å²) in [6, 6.07) is 9.46. The molecule has 1 nitrogen and oxygen atoms in total. The fourth-order valence-corrected chi connectivity index (χ4v) is 1.99. The van der Waals surface area contributed by atoms with Crippen LogP contribution in [0.15, 0.2) is 36.4 Å². The Morgan fingerprint density at radius 1 is 1.00 bits per heavy atom. The van der Waals surface area contributed by atoms with Gasteiger partial charge < -0.3 is 4.74 Å². The summed E-state index contributed by atoms with van der Waals surface area (Å²) in [6.45, 7) is 6.31. The van der Waals surface area contributed by atoms with Crippen LogP contribution in [0.3, 0.4) is 0 Å². The predicted octanol–water partition coefficient (Wildman–Crippen LogP) is 4.98. The van der Waals surface area contributed by atoms with E-state index in [4.69, 9.17) is 4.74 Å². The van der Waals surface area contributed by atoms with Crippen LogP contribution in [0.2, 0.25) is 0 Å². The van der Waals surface area contributed by atoms with Crippen LogP contribution in [-0.2, 0) is 6.61 Å². The van der Waals surface area contributed by atoms with Gasteiger partial charge in [0.15, 0.2) is 0 Å². The number of benzene rings is 2. The van der Waals surface area contributed by atoms with E-state index in [-0.39, 0.29) is 6.61 Å². The molecule has 0 heterocycles. The first-order valence-electron chi connectivity index (χ1n) is 6.64. The lowest BCUT2D eigenvalue weighted by Crippen LogP contribution is -2.00. The number of hydrogen-bond acceptors (Lipinski definition) is 1. The number of hydrogen-bond donors (Lipinski definition) is 0. The first-order chi connectivity index (χ1) is 9.45. The molecule has 0 saturated carbocycles. The second kappa shape index (κ2) is 6.04. The number of ether oxygens (including phenoxy) is 1. The van der Waals surface area contributed by atoms with E-state index >= 15 is 0 Å². The first kappa shape index (κ1) is 14.5. The monoisotopic (exact) mass is 276 g/mol. The van der Waals surface area contributed by atoms with Gasteiger partial charge in [-0.15, -0.1) is 0 Å². The molecule has 0 aliphatic rings. The molecule has 0 radical (unpaired) electrons. The van der Waals surface area contributed by atoms with E-state index in [1.807, 2.05) is 19.1 Å². The highest BCUT2D eigenvalue weighted by Crippen LogP contribution is 2.25.